The monoisotopic (exact) mass is 387 g/mol. The van der Waals surface area contributed by atoms with E-state index < -0.39 is 29.6 Å². The first-order chi connectivity index (χ1) is 12.7. The zero-order chi connectivity index (χ0) is 19.7. The fraction of sp³-hybridized carbons (Fsp3) is 0.389. The number of alkyl halides is 4. The Balaban J connectivity index is 1.60. The molecule has 0 spiro atoms. The molecule has 0 amide bonds. The summed E-state index contributed by atoms with van der Waals surface area (Å²) in [7, 11) is 0. The highest BCUT2D eigenvalue weighted by atomic mass is 19.4. The van der Waals surface area contributed by atoms with Gasteiger partial charge in [0, 0.05) is 37.8 Å². The van der Waals surface area contributed by atoms with Crippen molar-refractivity contribution in [3.63, 3.8) is 0 Å². The molecular weight excluding hydrogens is 369 g/mol. The van der Waals surface area contributed by atoms with Gasteiger partial charge >= 0.3 is 6.18 Å². The van der Waals surface area contributed by atoms with E-state index in [0.717, 1.165) is 18.2 Å². The smallest absolute Gasteiger partial charge is 0.361 e. The molecule has 0 saturated carbocycles. The summed E-state index contributed by atoms with van der Waals surface area (Å²) in [4.78, 5) is 5.32. The van der Waals surface area contributed by atoms with Crippen LogP contribution in [0.2, 0.25) is 0 Å². The van der Waals surface area contributed by atoms with E-state index in [-0.39, 0.29) is 31.6 Å². The van der Waals surface area contributed by atoms with E-state index in [1.165, 1.54) is 29.3 Å². The van der Waals surface area contributed by atoms with Crippen molar-refractivity contribution in [2.24, 2.45) is 0 Å². The van der Waals surface area contributed by atoms with E-state index in [1.807, 2.05) is 0 Å². The largest absolute Gasteiger partial charge is 0.416 e. The fourth-order valence-corrected chi connectivity index (χ4v) is 3.07. The molecule has 27 heavy (non-hydrogen) atoms. The molecule has 0 radical (unpaired) electrons. The van der Waals surface area contributed by atoms with Gasteiger partial charge in [-0.2, -0.15) is 13.2 Å². The van der Waals surface area contributed by atoms with E-state index in [9.17, 15) is 22.7 Å². The summed E-state index contributed by atoms with van der Waals surface area (Å²) in [6.07, 6.45) is -4.44. The van der Waals surface area contributed by atoms with E-state index in [4.69, 9.17) is 0 Å². The predicted molar refractivity (Wildman–Crippen MR) is 88.9 cm³/mol. The zero-order valence-corrected chi connectivity index (χ0v) is 14.2. The normalized spacial score (nSPS) is 18.9. The third-order valence-corrected chi connectivity index (χ3v) is 4.63. The van der Waals surface area contributed by atoms with Crippen LogP contribution in [0, 0.1) is 5.82 Å². The van der Waals surface area contributed by atoms with Crippen LogP contribution >= 0.6 is 0 Å². The summed E-state index contributed by atoms with van der Waals surface area (Å²) in [5.74, 6) is -0.711. The first-order valence-corrected chi connectivity index (χ1v) is 8.35. The Morgan fingerprint density at radius 1 is 1.11 bits per heavy atom. The molecule has 9 heteroatoms. The zero-order valence-electron chi connectivity index (χ0n) is 14.2. The van der Waals surface area contributed by atoms with Crippen LogP contribution in [0.25, 0.3) is 0 Å². The molecule has 0 bridgehead atoms. The molecule has 1 aliphatic heterocycles. The van der Waals surface area contributed by atoms with Crippen LogP contribution in [0.1, 0.15) is 24.1 Å². The highest BCUT2D eigenvalue weighted by molar-refractivity contribution is 5.45. The minimum atomic E-state index is -4.44. The number of hydrogen-bond donors (Lipinski definition) is 2. The molecule has 146 valence electrons. The Bertz CT molecular complexity index is 773. The van der Waals surface area contributed by atoms with Gasteiger partial charge in [-0.05, 0) is 36.4 Å². The Morgan fingerprint density at radius 3 is 2.30 bits per heavy atom. The molecule has 3 rings (SSSR count). The van der Waals surface area contributed by atoms with Crippen LogP contribution in [-0.4, -0.2) is 34.4 Å². The van der Waals surface area contributed by atoms with E-state index >= 15 is 4.39 Å². The van der Waals surface area contributed by atoms with Crippen molar-refractivity contribution < 1.29 is 27.1 Å². The quantitative estimate of drug-likeness (QED) is 0.617. The van der Waals surface area contributed by atoms with Gasteiger partial charge in [-0.15, -0.1) is 0 Å². The Kier molecular flexibility index (Phi) is 5.34. The molecular formula is C18H18F5N3O. The van der Waals surface area contributed by atoms with Crippen LogP contribution in [0.15, 0.2) is 42.6 Å². The number of rotatable bonds is 4. The van der Waals surface area contributed by atoms with Gasteiger partial charge in [-0.3, -0.25) is 9.88 Å². The van der Waals surface area contributed by atoms with Crippen LogP contribution in [0.3, 0.4) is 0 Å². The maximum Gasteiger partial charge on any atom is 0.416 e. The molecule has 1 aromatic heterocycles. The molecule has 1 fully saturated rings. The summed E-state index contributed by atoms with van der Waals surface area (Å²) in [6, 6.07) is 6.76. The number of nitrogens with one attached hydrogen (secondary N) is 1. The Labute approximate surface area is 152 Å². The number of aliphatic hydroxyl groups excluding tert-OH is 1. The second-order valence-corrected chi connectivity index (χ2v) is 6.43. The topological polar surface area (TPSA) is 48.4 Å². The SMILES string of the molecule is OC(Nc1ccc(C(F)(F)F)cc1)N1CCC(F)(c2ncccc2F)CC1. The number of likely N-dealkylation sites (tertiary alicyclic amines) is 1. The van der Waals surface area contributed by atoms with Crippen molar-refractivity contribution in [3.8, 4) is 0 Å². The second kappa shape index (κ2) is 7.40. The molecule has 2 aromatic rings. The molecule has 0 aliphatic carbocycles. The maximum atomic E-state index is 15.0. The lowest BCUT2D eigenvalue weighted by molar-refractivity contribution is -0.137. The van der Waals surface area contributed by atoms with Gasteiger partial charge in [0.2, 0.25) is 0 Å². The van der Waals surface area contributed by atoms with Crippen molar-refractivity contribution in [2.75, 3.05) is 18.4 Å². The fourth-order valence-electron chi connectivity index (χ4n) is 3.07. The van der Waals surface area contributed by atoms with E-state index in [0.29, 0.717) is 5.69 Å². The molecule has 4 nitrogen and oxygen atoms in total. The van der Waals surface area contributed by atoms with Gasteiger partial charge in [0.25, 0.3) is 0 Å². The molecule has 1 aliphatic rings. The molecule has 1 aromatic carbocycles. The van der Waals surface area contributed by atoms with Gasteiger partial charge in [-0.1, -0.05) is 0 Å². The average molecular weight is 387 g/mol. The summed E-state index contributed by atoms with van der Waals surface area (Å²) in [5.41, 5.74) is -2.66. The third-order valence-electron chi connectivity index (χ3n) is 4.63. The number of benzene rings is 1. The predicted octanol–water partition coefficient (Wildman–Crippen LogP) is 3.89. The number of nitrogens with zero attached hydrogens (tertiary/aromatic N) is 2. The standard InChI is InChI=1S/C18H18F5N3O/c19-14-2-1-9-24-15(14)17(20)7-10-26(11-8-17)16(27)25-13-5-3-12(4-6-13)18(21,22)23/h1-6,9,16,25,27H,7-8,10-11H2. The van der Waals surface area contributed by atoms with Gasteiger partial charge in [0.15, 0.2) is 12.0 Å². The number of aliphatic hydroxyl groups is 1. The van der Waals surface area contributed by atoms with Crippen molar-refractivity contribution in [2.45, 2.75) is 31.0 Å². The third kappa shape index (κ3) is 4.36. The lowest BCUT2D eigenvalue weighted by atomic mass is 9.89. The first-order valence-electron chi connectivity index (χ1n) is 8.35. The van der Waals surface area contributed by atoms with Crippen LogP contribution in [0.5, 0.6) is 0 Å². The number of halogens is 5. The maximum absolute atomic E-state index is 15.0. The highest BCUT2D eigenvalue weighted by Crippen LogP contribution is 2.37. The van der Waals surface area contributed by atoms with Crippen LogP contribution < -0.4 is 5.32 Å². The summed E-state index contributed by atoms with van der Waals surface area (Å²) in [5, 5.41) is 12.9. The number of hydrogen-bond acceptors (Lipinski definition) is 4. The lowest BCUT2D eigenvalue weighted by Gasteiger charge is -2.38. The minimum Gasteiger partial charge on any atom is -0.361 e. The van der Waals surface area contributed by atoms with Crippen molar-refractivity contribution in [1.29, 1.82) is 0 Å². The number of piperidine rings is 1. The Hall–Kier alpha value is -2.26. The van der Waals surface area contributed by atoms with Crippen LogP contribution in [0.4, 0.5) is 27.6 Å². The van der Waals surface area contributed by atoms with Crippen molar-refractivity contribution in [3.05, 3.63) is 59.7 Å². The van der Waals surface area contributed by atoms with Gasteiger partial charge in [0.05, 0.1) is 5.56 Å². The number of aromatic nitrogens is 1. The summed E-state index contributed by atoms with van der Waals surface area (Å²) >= 11 is 0. The first kappa shape index (κ1) is 19.5. The van der Waals surface area contributed by atoms with Gasteiger partial charge in [0.1, 0.15) is 11.5 Å². The number of pyridine rings is 1. The number of anilines is 1. The molecule has 2 heterocycles. The van der Waals surface area contributed by atoms with Crippen molar-refractivity contribution in [1.82, 2.24) is 9.88 Å². The van der Waals surface area contributed by atoms with Crippen LogP contribution in [-0.2, 0) is 11.8 Å². The molecule has 2 N–H and O–H groups in total. The van der Waals surface area contributed by atoms with E-state index in [1.54, 1.807) is 0 Å². The Morgan fingerprint density at radius 2 is 1.74 bits per heavy atom. The second-order valence-electron chi connectivity index (χ2n) is 6.43. The van der Waals surface area contributed by atoms with Crippen molar-refractivity contribution >= 4 is 5.69 Å². The summed E-state index contributed by atoms with van der Waals surface area (Å²) in [6.45, 7) is 0.253. The lowest BCUT2D eigenvalue weighted by Crippen LogP contribution is -2.48. The minimum absolute atomic E-state index is 0.0628. The average Bonchev–Trinajstić information content (AvgIpc) is 2.62. The van der Waals surface area contributed by atoms with Gasteiger partial charge in [-0.25, -0.2) is 8.78 Å². The molecule has 1 unspecified atom stereocenters. The molecule has 1 saturated heterocycles. The highest BCUT2D eigenvalue weighted by Gasteiger charge is 2.40. The van der Waals surface area contributed by atoms with Gasteiger partial charge < -0.3 is 10.4 Å². The van der Waals surface area contributed by atoms with E-state index in [2.05, 4.69) is 10.3 Å². The molecule has 1 atom stereocenters. The summed E-state index contributed by atoms with van der Waals surface area (Å²) < 4.78 is 66.6.